The lowest BCUT2D eigenvalue weighted by atomic mass is 10.0. The van der Waals surface area contributed by atoms with Crippen LogP contribution in [0.2, 0.25) is 0 Å². The van der Waals surface area contributed by atoms with Crippen LogP contribution in [-0.4, -0.2) is 30.3 Å². The van der Waals surface area contributed by atoms with Crippen LogP contribution in [0.15, 0.2) is 85.2 Å². The molecule has 3 aromatic heterocycles. The van der Waals surface area contributed by atoms with Crippen molar-refractivity contribution < 1.29 is 4.79 Å². The molecule has 0 aliphatic carbocycles. The molecule has 0 saturated heterocycles. The molecule has 1 amide bonds. The Morgan fingerprint density at radius 2 is 1.80 bits per heavy atom. The van der Waals surface area contributed by atoms with E-state index in [9.17, 15) is 4.79 Å². The van der Waals surface area contributed by atoms with E-state index >= 15 is 0 Å². The number of hydrogen-bond donors (Lipinski definition) is 1. The first-order chi connectivity index (χ1) is 17.1. The summed E-state index contributed by atoms with van der Waals surface area (Å²) in [4.78, 5) is 12.6. The highest BCUT2D eigenvalue weighted by molar-refractivity contribution is 5.92. The zero-order chi connectivity index (χ0) is 24.2. The Morgan fingerprint density at radius 3 is 2.63 bits per heavy atom. The number of amides is 1. The zero-order valence-corrected chi connectivity index (χ0v) is 19.7. The third kappa shape index (κ3) is 5.04. The Morgan fingerprint density at radius 1 is 0.971 bits per heavy atom. The van der Waals surface area contributed by atoms with E-state index in [0.717, 1.165) is 28.0 Å². The average molecular weight is 463 g/mol. The van der Waals surface area contributed by atoms with Crippen molar-refractivity contribution in [2.24, 2.45) is 0 Å². The van der Waals surface area contributed by atoms with Gasteiger partial charge in [-0.25, -0.2) is 0 Å². The number of nitrogens with zero attached hydrogens (tertiary/aromatic N) is 5. The van der Waals surface area contributed by atoms with E-state index < -0.39 is 0 Å². The summed E-state index contributed by atoms with van der Waals surface area (Å²) in [5, 5.41) is 16.0. The number of aryl methyl sites for hydroxylation is 2. The smallest absolute Gasteiger partial charge is 0.244 e. The van der Waals surface area contributed by atoms with Gasteiger partial charge >= 0.3 is 0 Å². The molecule has 0 saturated carbocycles. The molecule has 0 fully saturated rings. The van der Waals surface area contributed by atoms with Crippen LogP contribution >= 0.6 is 0 Å². The third-order valence-corrected chi connectivity index (χ3v) is 5.98. The maximum Gasteiger partial charge on any atom is 0.244 e. The first-order valence-corrected chi connectivity index (χ1v) is 11.5. The summed E-state index contributed by atoms with van der Waals surface area (Å²) in [6.07, 6.45) is 7.21. The van der Waals surface area contributed by atoms with Crippen LogP contribution in [0.3, 0.4) is 0 Å². The quantitative estimate of drug-likeness (QED) is 0.359. The van der Waals surface area contributed by atoms with Crippen molar-refractivity contribution >= 4 is 17.6 Å². The molecule has 3 heterocycles. The summed E-state index contributed by atoms with van der Waals surface area (Å²) in [7, 11) is 0. The van der Waals surface area contributed by atoms with Crippen LogP contribution in [0, 0.1) is 13.8 Å². The minimum absolute atomic E-state index is 0.209. The second kappa shape index (κ2) is 9.77. The number of rotatable bonds is 7. The fourth-order valence-corrected chi connectivity index (χ4v) is 3.93. The number of carbonyl (C=O) groups excluding carboxylic acids is 1. The van der Waals surface area contributed by atoms with E-state index in [1.807, 2.05) is 64.0 Å². The number of nitrogens with one attached hydrogen (secondary N) is 1. The van der Waals surface area contributed by atoms with Crippen LogP contribution in [0.25, 0.3) is 23.0 Å². The molecule has 2 aromatic carbocycles. The summed E-state index contributed by atoms with van der Waals surface area (Å²) in [6, 6.07) is 22.2. The van der Waals surface area contributed by atoms with Crippen LogP contribution in [0.4, 0.5) is 0 Å². The molecule has 0 spiro atoms. The molecule has 0 radical (unpaired) electrons. The molecule has 7 heteroatoms. The molecule has 1 N–H and O–H groups in total. The summed E-state index contributed by atoms with van der Waals surface area (Å²) in [5.74, 6) is 0.466. The lowest BCUT2D eigenvalue weighted by Crippen LogP contribution is -2.21. The monoisotopic (exact) mass is 462 g/mol. The molecule has 174 valence electrons. The average Bonchev–Trinajstić information content (AvgIpc) is 3.47. The topological polar surface area (TPSA) is 77.1 Å². The minimum Gasteiger partial charge on any atom is -0.345 e. The highest BCUT2D eigenvalue weighted by Gasteiger charge is 2.12. The van der Waals surface area contributed by atoms with Gasteiger partial charge in [0.2, 0.25) is 5.91 Å². The fraction of sp³-hybridized carbons (Fsp3) is 0.143. The van der Waals surface area contributed by atoms with Crippen molar-refractivity contribution in [1.82, 2.24) is 29.7 Å². The number of carbonyl (C=O) groups is 1. The van der Waals surface area contributed by atoms with Crippen LogP contribution < -0.4 is 5.32 Å². The van der Waals surface area contributed by atoms with E-state index in [4.69, 9.17) is 5.10 Å². The molecule has 5 aromatic rings. The Balaban J connectivity index is 1.37. The van der Waals surface area contributed by atoms with Gasteiger partial charge in [-0.1, -0.05) is 48.5 Å². The SMILES string of the molecule is Cc1ccc(-c2nn(Cc3ccccc3)cc2/C=C/C(=O)NCc2nnc3ccccn23)cc1C. The second-order valence-electron chi connectivity index (χ2n) is 8.51. The van der Waals surface area contributed by atoms with Crippen molar-refractivity contribution in [3.63, 3.8) is 0 Å². The summed E-state index contributed by atoms with van der Waals surface area (Å²) < 4.78 is 3.77. The maximum atomic E-state index is 12.6. The number of hydrogen-bond acceptors (Lipinski definition) is 4. The maximum absolute atomic E-state index is 12.6. The van der Waals surface area contributed by atoms with Crippen LogP contribution in [-0.2, 0) is 17.9 Å². The lowest BCUT2D eigenvalue weighted by molar-refractivity contribution is -0.116. The van der Waals surface area contributed by atoms with Gasteiger partial charge in [-0.15, -0.1) is 10.2 Å². The highest BCUT2D eigenvalue weighted by Crippen LogP contribution is 2.26. The molecule has 0 unspecified atom stereocenters. The third-order valence-electron chi connectivity index (χ3n) is 5.98. The molecule has 7 nitrogen and oxygen atoms in total. The predicted molar refractivity (Wildman–Crippen MR) is 137 cm³/mol. The highest BCUT2D eigenvalue weighted by atomic mass is 16.1. The van der Waals surface area contributed by atoms with Crippen molar-refractivity contribution in [2.45, 2.75) is 26.9 Å². The van der Waals surface area contributed by atoms with Gasteiger partial charge in [0.1, 0.15) is 0 Å². The standard InChI is InChI=1S/C28H26N6O/c1-20-11-12-23(16-21(20)2)28-24(19-33(32-28)18-22-8-4-3-5-9-22)13-14-27(35)29-17-26-31-30-25-10-6-7-15-34(25)26/h3-16,19H,17-18H2,1-2H3,(H,29,35)/b14-13+. The van der Waals surface area contributed by atoms with E-state index in [1.54, 1.807) is 0 Å². The van der Waals surface area contributed by atoms with Gasteiger partial charge < -0.3 is 5.32 Å². The summed E-state index contributed by atoms with van der Waals surface area (Å²) >= 11 is 0. The van der Waals surface area contributed by atoms with Gasteiger partial charge in [0.15, 0.2) is 11.5 Å². The van der Waals surface area contributed by atoms with Crippen LogP contribution in [0.5, 0.6) is 0 Å². The Labute approximate surface area is 203 Å². The van der Waals surface area contributed by atoms with E-state index in [0.29, 0.717) is 12.4 Å². The molecule has 0 aliphatic rings. The summed E-state index contributed by atoms with van der Waals surface area (Å²) in [5.41, 5.74) is 7.09. The Bertz CT molecular complexity index is 1510. The molecular weight excluding hydrogens is 436 g/mol. The van der Waals surface area contributed by atoms with E-state index in [-0.39, 0.29) is 12.5 Å². The van der Waals surface area contributed by atoms with E-state index in [2.05, 4.69) is 59.7 Å². The lowest BCUT2D eigenvalue weighted by Gasteiger charge is -2.04. The van der Waals surface area contributed by atoms with E-state index in [1.165, 1.54) is 17.2 Å². The van der Waals surface area contributed by atoms with Gasteiger partial charge in [-0.05, 0) is 54.8 Å². The van der Waals surface area contributed by atoms with Crippen LogP contribution in [0.1, 0.15) is 28.1 Å². The fourth-order valence-electron chi connectivity index (χ4n) is 3.93. The van der Waals surface area contributed by atoms with Gasteiger partial charge in [0.05, 0.1) is 18.8 Å². The largest absolute Gasteiger partial charge is 0.345 e. The zero-order valence-electron chi connectivity index (χ0n) is 19.7. The summed E-state index contributed by atoms with van der Waals surface area (Å²) in [6.45, 7) is 5.12. The molecule has 5 rings (SSSR count). The predicted octanol–water partition coefficient (Wildman–Crippen LogP) is 4.59. The van der Waals surface area contributed by atoms with Gasteiger partial charge in [0, 0.05) is 29.6 Å². The number of benzene rings is 2. The number of fused-ring (bicyclic) bond motifs is 1. The molecule has 35 heavy (non-hydrogen) atoms. The number of aromatic nitrogens is 5. The minimum atomic E-state index is -0.209. The van der Waals surface area contributed by atoms with Gasteiger partial charge in [-0.3, -0.25) is 13.9 Å². The Hall–Kier alpha value is -4.52. The van der Waals surface area contributed by atoms with Crippen molar-refractivity contribution in [2.75, 3.05) is 0 Å². The van der Waals surface area contributed by atoms with Crippen molar-refractivity contribution in [3.05, 3.63) is 113 Å². The van der Waals surface area contributed by atoms with Gasteiger partial charge in [0.25, 0.3) is 0 Å². The molecule has 0 atom stereocenters. The normalized spacial score (nSPS) is 11.4. The van der Waals surface area contributed by atoms with Gasteiger partial charge in [-0.2, -0.15) is 5.10 Å². The second-order valence-corrected chi connectivity index (χ2v) is 8.51. The number of pyridine rings is 1. The molecule has 0 aliphatic heterocycles. The van der Waals surface area contributed by atoms with Crippen molar-refractivity contribution in [1.29, 1.82) is 0 Å². The Kier molecular flexibility index (Phi) is 6.22. The molecule has 0 bridgehead atoms. The first-order valence-electron chi connectivity index (χ1n) is 11.5. The molecular formula is C28H26N6O. The van der Waals surface area contributed by atoms with Crippen molar-refractivity contribution in [3.8, 4) is 11.3 Å². The first kappa shape index (κ1) is 22.3.